The Labute approximate surface area is 109 Å². The Morgan fingerprint density at radius 1 is 1.41 bits per heavy atom. The monoisotopic (exact) mass is 306 g/mol. The van der Waals surface area contributed by atoms with Crippen molar-refractivity contribution in [3.8, 4) is 0 Å². The number of halogens is 1. The summed E-state index contributed by atoms with van der Waals surface area (Å²) in [6.45, 7) is 0.401. The average molecular weight is 307 g/mol. The van der Waals surface area contributed by atoms with Crippen molar-refractivity contribution in [3.63, 3.8) is 0 Å². The Kier molecular flexibility index (Phi) is 5.39. The number of carbonyl (C=O) groups is 2. The molecule has 0 unspecified atom stereocenters. The van der Waals surface area contributed by atoms with Gasteiger partial charge in [-0.05, 0) is 37.6 Å². The first-order chi connectivity index (χ1) is 8.01. The maximum absolute atomic E-state index is 11.2. The second kappa shape index (κ2) is 6.35. The van der Waals surface area contributed by atoms with E-state index in [4.69, 9.17) is 10.8 Å². The van der Waals surface area contributed by atoms with Gasteiger partial charge in [0, 0.05) is 6.04 Å². The van der Waals surface area contributed by atoms with Crippen LogP contribution in [0.5, 0.6) is 0 Å². The van der Waals surface area contributed by atoms with E-state index in [1.807, 2.05) is 0 Å². The zero-order valence-corrected chi connectivity index (χ0v) is 11.3. The van der Waals surface area contributed by atoms with Crippen LogP contribution in [0, 0.1) is 5.41 Å². The van der Waals surface area contributed by atoms with Gasteiger partial charge >= 0.3 is 5.97 Å². The van der Waals surface area contributed by atoms with Crippen molar-refractivity contribution in [1.29, 1.82) is 0 Å². The molecule has 1 rings (SSSR count). The minimum Gasteiger partial charge on any atom is -0.481 e. The van der Waals surface area contributed by atoms with Gasteiger partial charge in [-0.1, -0.05) is 15.9 Å². The van der Waals surface area contributed by atoms with E-state index in [-0.39, 0.29) is 23.8 Å². The molecule has 1 fully saturated rings. The summed E-state index contributed by atoms with van der Waals surface area (Å²) < 4.78 is 0. The summed E-state index contributed by atoms with van der Waals surface area (Å²) in [5.41, 5.74) is 5.42. The van der Waals surface area contributed by atoms with Crippen LogP contribution >= 0.6 is 15.9 Å². The van der Waals surface area contributed by atoms with Gasteiger partial charge in [0.2, 0.25) is 5.91 Å². The van der Waals surface area contributed by atoms with E-state index in [2.05, 4.69) is 21.2 Å². The van der Waals surface area contributed by atoms with Crippen molar-refractivity contribution < 1.29 is 14.7 Å². The number of nitrogens with one attached hydrogen (secondary N) is 1. The van der Waals surface area contributed by atoms with Gasteiger partial charge in [0.1, 0.15) is 0 Å². The summed E-state index contributed by atoms with van der Waals surface area (Å²) >= 11 is 3.10. The predicted octanol–water partition coefficient (Wildman–Crippen LogP) is 0.860. The van der Waals surface area contributed by atoms with E-state index < -0.39 is 5.97 Å². The molecule has 17 heavy (non-hydrogen) atoms. The molecule has 0 spiro atoms. The number of amides is 1. The highest BCUT2D eigenvalue weighted by Crippen LogP contribution is 2.38. The van der Waals surface area contributed by atoms with E-state index in [0.29, 0.717) is 11.9 Å². The highest BCUT2D eigenvalue weighted by atomic mass is 79.9. The fourth-order valence-electron chi connectivity index (χ4n) is 2.41. The molecule has 0 aromatic heterocycles. The first-order valence-corrected chi connectivity index (χ1v) is 6.91. The topological polar surface area (TPSA) is 92.4 Å². The quantitative estimate of drug-likeness (QED) is 0.657. The molecule has 98 valence electrons. The minimum absolute atomic E-state index is 0.0199. The molecular formula is C11H19BrN2O3. The molecule has 4 N–H and O–H groups in total. The van der Waals surface area contributed by atoms with E-state index in [1.54, 1.807) is 0 Å². The van der Waals surface area contributed by atoms with Crippen LogP contribution in [-0.2, 0) is 9.59 Å². The molecule has 0 atom stereocenters. The summed E-state index contributed by atoms with van der Waals surface area (Å²) in [5, 5.41) is 12.1. The molecule has 1 aliphatic carbocycles. The second-order valence-corrected chi connectivity index (χ2v) is 5.31. The second-order valence-electron chi connectivity index (χ2n) is 4.75. The Morgan fingerprint density at radius 3 is 2.41 bits per heavy atom. The molecule has 6 heteroatoms. The molecule has 1 amide bonds. The lowest BCUT2D eigenvalue weighted by atomic mass is 9.70. The predicted molar refractivity (Wildman–Crippen MR) is 67.9 cm³/mol. The number of carboxylic acids is 1. The van der Waals surface area contributed by atoms with Crippen LogP contribution in [0.15, 0.2) is 0 Å². The number of aliphatic carboxylic acids is 1. The molecule has 0 bridgehead atoms. The third-order valence-electron chi connectivity index (χ3n) is 3.49. The Hall–Kier alpha value is -0.620. The van der Waals surface area contributed by atoms with E-state index in [9.17, 15) is 9.59 Å². The SMILES string of the molecule is NCC1(CC(=O)O)CCC(NC(=O)CBr)CC1. The van der Waals surface area contributed by atoms with Gasteiger partial charge in [-0.3, -0.25) is 9.59 Å². The van der Waals surface area contributed by atoms with Crippen molar-refractivity contribution in [3.05, 3.63) is 0 Å². The summed E-state index contributed by atoms with van der Waals surface area (Å²) in [7, 11) is 0. The highest BCUT2D eigenvalue weighted by molar-refractivity contribution is 9.09. The van der Waals surface area contributed by atoms with Crippen LogP contribution in [0.1, 0.15) is 32.1 Å². The van der Waals surface area contributed by atoms with Crippen LogP contribution < -0.4 is 11.1 Å². The standard InChI is InChI=1S/C11H19BrN2O3/c12-6-9(15)14-8-1-3-11(7-13,4-2-8)5-10(16)17/h8H,1-7,13H2,(H,14,15)(H,16,17). The maximum Gasteiger partial charge on any atom is 0.303 e. The zero-order valence-electron chi connectivity index (χ0n) is 9.75. The number of hydrogen-bond acceptors (Lipinski definition) is 3. The normalized spacial score (nSPS) is 28.7. The zero-order chi connectivity index (χ0) is 12.9. The fourth-order valence-corrected chi connectivity index (χ4v) is 2.58. The molecule has 0 aliphatic heterocycles. The molecule has 0 saturated heterocycles. The van der Waals surface area contributed by atoms with Crippen LogP contribution in [0.4, 0.5) is 0 Å². The molecule has 0 radical (unpaired) electrons. The first kappa shape index (κ1) is 14.4. The maximum atomic E-state index is 11.2. The van der Waals surface area contributed by atoms with Crippen molar-refractivity contribution in [2.75, 3.05) is 11.9 Å². The Bertz CT molecular complexity index is 288. The third-order valence-corrected chi connectivity index (χ3v) is 4.00. The minimum atomic E-state index is -0.793. The number of carboxylic acid groups (broad SMARTS) is 1. The molecular weight excluding hydrogens is 288 g/mol. The molecule has 5 nitrogen and oxygen atoms in total. The lowest BCUT2D eigenvalue weighted by molar-refractivity contribution is -0.140. The number of nitrogens with two attached hydrogens (primary N) is 1. The fraction of sp³-hybridized carbons (Fsp3) is 0.818. The number of alkyl halides is 1. The van der Waals surface area contributed by atoms with Gasteiger partial charge in [0.25, 0.3) is 0 Å². The summed E-state index contributed by atoms with van der Waals surface area (Å²) in [6, 6.07) is 0.161. The van der Waals surface area contributed by atoms with Gasteiger partial charge in [-0.25, -0.2) is 0 Å². The summed E-state index contributed by atoms with van der Waals surface area (Å²) in [4.78, 5) is 22.0. The largest absolute Gasteiger partial charge is 0.481 e. The van der Waals surface area contributed by atoms with Crippen LogP contribution in [-0.4, -0.2) is 34.9 Å². The highest BCUT2D eigenvalue weighted by Gasteiger charge is 2.36. The van der Waals surface area contributed by atoms with Gasteiger partial charge < -0.3 is 16.2 Å². The molecule has 1 aliphatic rings. The summed E-state index contributed by atoms with van der Waals surface area (Å²) in [6.07, 6.45) is 3.28. The summed E-state index contributed by atoms with van der Waals surface area (Å²) in [5.74, 6) is -0.813. The first-order valence-electron chi connectivity index (χ1n) is 5.78. The van der Waals surface area contributed by atoms with Crippen molar-refractivity contribution >= 4 is 27.8 Å². The molecule has 1 saturated carbocycles. The number of hydrogen-bond donors (Lipinski definition) is 3. The van der Waals surface area contributed by atoms with Gasteiger partial charge in [-0.15, -0.1) is 0 Å². The van der Waals surface area contributed by atoms with Crippen LogP contribution in [0.2, 0.25) is 0 Å². The third kappa shape index (κ3) is 4.27. The lowest BCUT2D eigenvalue weighted by Crippen LogP contribution is -2.44. The van der Waals surface area contributed by atoms with Crippen molar-refractivity contribution in [2.24, 2.45) is 11.1 Å². The van der Waals surface area contributed by atoms with Crippen LogP contribution in [0.25, 0.3) is 0 Å². The number of rotatable bonds is 5. The smallest absolute Gasteiger partial charge is 0.303 e. The molecule has 0 heterocycles. The molecule has 0 aromatic rings. The van der Waals surface area contributed by atoms with Gasteiger partial charge in [0.15, 0.2) is 0 Å². The van der Waals surface area contributed by atoms with Gasteiger partial charge in [0.05, 0.1) is 11.8 Å². The van der Waals surface area contributed by atoms with E-state index >= 15 is 0 Å². The molecule has 0 aromatic carbocycles. The van der Waals surface area contributed by atoms with Gasteiger partial charge in [-0.2, -0.15) is 0 Å². The van der Waals surface area contributed by atoms with Crippen LogP contribution in [0.3, 0.4) is 0 Å². The lowest BCUT2D eigenvalue weighted by Gasteiger charge is -2.38. The Balaban J connectivity index is 2.47. The van der Waals surface area contributed by atoms with E-state index in [0.717, 1.165) is 25.7 Å². The van der Waals surface area contributed by atoms with Crippen molar-refractivity contribution in [2.45, 2.75) is 38.1 Å². The van der Waals surface area contributed by atoms with Crippen molar-refractivity contribution in [1.82, 2.24) is 5.32 Å². The average Bonchev–Trinajstić information content (AvgIpc) is 2.31. The van der Waals surface area contributed by atoms with E-state index in [1.165, 1.54) is 0 Å². The Morgan fingerprint density at radius 2 is 2.00 bits per heavy atom. The number of carbonyl (C=O) groups excluding carboxylic acids is 1.